The molecule has 0 saturated carbocycles. The fourth-order valence-electron chi connectivity index (χ4n) is 5.00. The molecule has 1 fully saturated rings. The SMILES string of the molecule is CC(C)(O)c1c(F)cnc2ccc(=O)n(CCN3CCC(NCc4ccc5c(n4)NC(=O)CO5)CC3)c12. The number of pyridine rings is 3. The first-order valence-electron chi connectivity index (χ1n) is 12.5. The summed E-state index contributed by atoms with van der Waals surface area (Å²) in [4.78, 5) is 35.2. The summed E-state index contributed by atoms with van der Waals surface area (Å²) in [6.07, 6.45) is 2.95. The lowest BCUT2D eigenvalue weighted by Gasteiger charge is -2.33. The van der Waals surface area contributed by atoms with E-state index in [1.165, 1.54) is 24.5 Å². The number of ether oxygens (including phenoxy) is 1. The van der Waals surface area contributed by atoms with Crippen LogP contribution in [0.1, 0.15) is 37.9 Å². The average molecular weight is 511 g/mol. The number of carbonyl (C=O) groups excluding carboxylic acids is 1. The largest absolute Gasteiger partial charge is 0.480 e. The van der Waals surface area contributed by atoms with Crippen molar-refractivity contribution in [2.75, 3.05) is 31.6 Å². The maximum absolute atomic E-state index is 14.7. The Morgan fingerprint density at radius 2 is 1.97 bits per heavy atom. The minimum Gasteiger partial charge on any atom is -0.480 e. The molecule has 0 aromatic carbocycles. The zero-order valence-corrected chi connectivity index (χ0v) is 21.0. The highest BCUT2D eigenvalue weighted by Crippen LogP contribution is 2.29. The highest BCUT2D eigenvalue weighted by atomic mass is 19.1. The van der Waals surface area contributed by atoms with Crippen LogP contribution >= 0.6 is 0 Å². The predicted molar refractivity (Wildman–Crippen MR) is 136 cm³/mol. The van der Waals surface area contributed by atoms with E-state index in [2.05, 4.69) is 25.5 Å². The number of halogens is 1. The zero-order chi connectivity index (χ0) is 26.2. The van der Waals surface area contributed by atoms with Crippen LogP contribution < -0.4 is 20.9 Å². The maximum Gasteiger partial charge on any atom is 0.263 e. The second-order valence-electron chi connectivity index (χ2n) is 10.1. The molecule has 10 nitrogen and oxygen atoms in total. The van der Waals surface area contributed by atoms with E-state index in [1.54, 1.807) is 6.07 Å². The number of nitrogens with zero attached hydrogens (tertiary/aromatic N) is 4. The van der Waals surface area contributed by atoms with Gasteiger partial charge >= 0.3 is 0 Å². The molecular formula is C26H31FN6O4. The molecule has 1 amide bonds. The molecule has 37 heavy (non-hydrogen) atoms. The first-order chi connectivity index (χ1) is 17.7. The van der Waals surface area contributed by atoms with Crippen LogP contribution in [0, 0.1) is 5.82 Å². The zero-order valence-electron chi connectivity index (χ0n) is 21.0. The minimum atomic E-state index is -1.46. The van der Waals surface area contributed by atoms with Gasteiger partial charge in [-0.05, 0) is 58.0 Å². The number of amides is 1. The molecule has 0 atom stereocenters. The smallest absolute Gasteiger partial charge is 0.263 e. The Hall–Kier alpha value is -3.41. The number of anilines is 1. The third-order valence-electron chi connectivity index (χ3n) is 6.90. The number of hydrogen-bond donors (Lipinski definition) is 3. The van der Waals surface area contributed by atoms with Gasteiger partial charge < -0.3 is 29.9 Å². The maximum atomic E-state index is 14.7. The van der Waals surface area contributed by atoms with Crippen LogP contribution in [0.5, 0.6) is 5.75 Å². The van der Waals surface area contributed by atoms with Gasteiger partial charge in [-0.15, -0.1) is 0 Å². The number of aliphatic hydroxyl groups is 1. The van der Waals surface area contributed by atoms with Crippen molar-refractivity contribution in [1.82, 2.24) is 24.8 Å². The molecule has 5 rings (SSSR count). The Labute approximate surface area is 213 Å². The Kier molecular flexibility index (Phi) is 6.93. The van der Waals surface area contributed by atoms with E-state index < -0.39 is 11.4 Å². The molecule has 3 aromatic heterocycles. The molecule has 0 bridgehead atoms. The number of nitrogens with one attached hydrogen (secondary N) is 2. The highest BCUT2D eigenvalue weighted by molar-refractivity contribution is 5.94. The summed E-state index contributed by atoms with van der Waals surface area (Å²) in [6.45, 7) is 6.30. The third kappa shape index (κ3) is 5.48. The summed E-state index contributed by atoms with van der Waals surface area (Å²) >= 11 is 0. The van der Waals surface area contributed by atoms with Gasteiger partial charge in [0.05, 0.1) is 28.5 Å². The van der Waals surface area contributed by atoms with Crippen molar-refractivity contribution < 1.29 is 19.0 Å². The van der Waals surface area contributed by atoms with E-state index in [-0.39, 0.29) is 23.6 Å². The number of piperidine rings is 1. The summed E-state index contributed by atoms with van der Waals surface area (Å²) in [7, 11) is 0. The molecule has 196 valence electrons. The summed E-state index contributed by atoms with van der Waals surface area (Å²) in [5.74, 6) is 0.197. The molecule has 0 aliphatic carbocycles. The van der Waals surface area contributed by atoms with Gasteiger partial charge in [-0.3, -0.25) is 14.6 Å². The second-order valence-corrected chi connectivity index (χ2v) is 10.1. The van der Waals surface area contributed by atoms with Crippen molar-refractivity contribution in [1.29, 1.82) is 0 Å². The Morgan fingerprint density at radius 3 is 2.73 bits per heavy atom. The topological polar surface area (TPSA) is 122 Å². The lowest BCUT2D eigenvalue weighted by atomic mass is 9.96. The van der Waals surface area contributed by atoms with Crippen molar-refractivity contribution in [3.63, 3.8) is 0 Å². The van der Waals surface area contributed by atoms with Crippen molar-refractivity contribution in [3.05, 3.63) is 57.9 Å². The number of fused-ring (bicyclic) bond motifs is 2. The van der Waals surface area contributed by atoms with Crippen molar-refractivity contribution in [2.45, 2.75) is 51.4 Å². The van der Waals surface area contributed by atoms with Crippen LogP contribution in [0.4, 0.5) is 10.2 Å². The van der Waals surface area contributed by atoms with Crippen molar-refractivity contribution >= 4 is 22.8 Å². The van der Waals surface area contributed by atoms with Gasteiger partial charge in [0.1, 0.15) is 5.82 Å². The third-order valence-corrected chi connectivity index (χ3v) is 6.90. The molecule has 0 radical (unpaired) electrons. The molecule has 5 heterocycles. The molecule has 0 spiro atoms. The first kappa shape index (κ1) is 25.2. The van der Waals surface area contributed by atoms with Crippen LogP contribution in [-0.4, -0.2) is 62.7 Å². The molecular weight excluding hydrogens is 479 g/mol. The number of rotatable bonds is 7. The molecule has 2 aliphatic heterocycles. The van der Waals surface area contributed by atoms with E-state index in [1.807, 2.05) is 12.1 Å². The van der Waals surface area contributed by atoms with Crippen LogP contribution in [0.2, 0.25) is 0 Å². The van der Waals surface area contributed by atoms with Crippen molar-refractivity contribution in [2.24, 2.45) is 0 Å². The van der Waals surface area contributed by atoms with Gasteiger partial charge in [-0.25, -0.2) is 9.37 Å². The summed E-state index contributed by atoms with van der Waals surface area (Å²) in [6, 6.07) is 7.03. The molecule has 3 N–H and O–H groups in total. The lowest BCUT2D eigenvalue weighted by Crippen LogP contribution is -2.43. The number of aromatic nitrogens is 3. The van der Waals surface area contributed by atoms with Crippen LogP contribution in [0.25, 0.3) is 11.0 Å². The normalized spacial score (nSPS) is 16.9. The highest BCUT2D eigenvalue weighted by Gasteiger charge is 2.27. The molecule has 11 heteroatoms. The Morgan fingerprint density at radius 1 is 1.19 bits per heavy atom. The quantitative estimate of drug-likeness (QED) is 0.440. The van der Waals surface area contributed by atoms with Gasteiger partial charge in [0.25, 0.3) is 11.5 Å². The van der Waals surface area contributed by atoms with E-state index in [4.69, 9.17) is 4.74 Å². The summed E-state index contributed by atoms with van der Waals surface area (Å²) < 4.78 is 21.6. The summed E-state index contributed by atoms with van der Waals surface area (Å²) in [5.41, 5.74) is 0.0154. The average Bonchev–Trinajstić information content (AvgIpc) is 2.86. The van der Waals surface area contributed by atoms with Gasteiger partial charge in [-0.2, -0.15) is 0 Å². The number of carbonyl (C=O) groups is 1. The molecule has 3 aromatic rings. The predicted octanol–water partition coefficient (Wildman–Crippen LogP) is 1.74. The monoisotopic (exact) mass is 510 g/mol. The Balaban J connectivity index is 1.19. The molecule has 2 aliphatic rings. The Bertz CT molecular complexity index is 1380. The standard InChI is InChI=1S/C26H31FN6O4/c1-26(2,36)23-18(27)14-29-19-4-6-22(35)33(24(19)23)12-11-32-9-7-16(8-10-32)28-13-17-3-5-20-25(30-17)31-21(34)15-37-20/h3-6,14,16,28,36H,7-13,15H2,1-2H3,(H,30,31,34). The molecule has 0 unspecified atom stereocenters. The first-order valence-corrected chi connectivity index (χ1v) is 12.5. The fourth-order valence-corrected chi connectivity index (χ4v) is 5.00. The van der Waals surface area contributed by atoms with Crippen LogP contribution in [-0.2, 0) is 23.5 Å². The molecule has 1 saturated heterocycles. The van der Waals surface area contributed by atoms with E-state index >= 15 is 0 Å². The van der Waals surface area contributed by atoms with Crippen LogP contribution in [0.3, 0.4) is 0 Å². The van der Waals surface area contributed by atoms with Crippen molar-refractivity contribution in [3.8, 4) is 5.75 Å². The number of likely N-dealkylation sites (tertiary alicyclic amines) is 1. The van der Waals surface area contributed by atoms with Crippen LogP contribution in [0.15, 0.2) is 35.3 Å². The van der Waals surface area contributed by atoms with E-state index in [9.17, 15) is 19.1 Å². The lowest BCUT2D eigenvalue weighted by molar-refractivity contribution is -0.118. The number of hydrogen-bond acceptors (Lipinski definition) is 8. The van der Waals surface area contributed by atoms with E-state index in [0.717, 1.165) is 37.8 Å². The van der Waals surface area contributed by atoms with Gasteiger partial charge in [-0.1, -0.05) is 0 Å². The summed E-state index contributed by atoms with van der Waals surface area (Å²) in [5, 5.41) is 16.9. The van der Waals surface area contributed by atoms with Gasteiger partial charge in [0, 0.05) is 37.3 Å². The minimum absolute atomic E-state index is 0.00828. The van der Waals surface area contributed by atoms with Gasteiger partial charge in [0.15, 0.2) is 18.2 Å². The van der Waals surface area contributed by atoms with E-state index in [0.29, 0.717) is 48.3 Å². The second kappa shape index (κ2) is 10.2. The van der Waals surface area contributed by atoms with Gasteiger partial charge in [0.2, 0.25) is 0 Å². The fraction of sp³-hybridized carbons (Fsp3) is 0.462.